The topological polar surface area (TPSA) is 51.2 Å². The van der Waals surface area contributed by atoms with Gasteiger partial charge in [0.05, 0.1) is 11.2 Å². The average Bonchev–Trinajstić information content (AvgIpc) is 3.35. The molecule has 0 unspecified atom stereocenters. The van der Waals surface area contributed by atoms with Crippen LogP contribution in [0, 0.1) is 0 Å². The van der Waals surface area contributed by atoms with Crippen LogP contribution in [-0.2, 0) is 26.0 Å². The SMILES string of the molecule is O=C(NCc1ccc2c(c1)CCC2)c1cccc(OCc2cscn2)c1. The zero-order valence-corrected chi connectivity index (χ0v) is 15.2. The molecule has 2 aromatic carbocycles. The third-order valence-corrected chi connectivity index (χ3v) is 5.22. The number of carbonyl (C=O) groups excluding carboxylic acids is 1. The van der Waals surface area contributed by atoms with E-state index in [4.69, 9.17) is 4.74 Å². The zero-order chi connectivity index (χ0) is 17.8. The molecule has 5 heteroatoms. The molecule has 4 rings (SSSR count). The number of hydrogen-bond acceptors (Lipinski definition) is 4. The molecule has 1 aliphatic carbocycles. The minimum absolute atomic E-state index is 0.0930. The van der Waals surface area contributed by atoms with Crippen molar-refractivity contribution < 1.29 is 9.53 Å². The van der Waals surface area contributed by atoms with Crippen LogP contribution < -0.4 is 10.1 Å². The second-order valence-corrected chi connectivity index (χ2v) is 7.15. The van der Waals surface area contributed by atoms with Gasteiger partial charge in [-0.15, -0.1) is 11.3 Å². The van der Waals surface area contributed by atoms with E-state index in [9.17, 15) is 4.79 Å². The zero-order valence-electron chi connectivity index (χ0n) is 14.4. The fourth-order valence-corrected chi connectivity index (χ4v) is 3.76. The number of ether oxygens (including phenoxy) is 1. The quantitative estimate of drug-likeness (QED) is 0.715. The molecule has 0 atom stereocenters. The number of amides is 1. The van der Waals surface area contributed by atoms with Crippen LogP contribution in [0.25, 0.3) is 0 Å². The number of nitrogens with zero attached hydrogens (tertiary/aromatic N) is 1. The lowest BCUT2D eigenvalue weighted by Crippen LogP contribution is -2.22. The van der Waals surface area contributed by atoms with Crippen LogP contribution in [-0.4, -0.2) is 10.9 Å². The highest BCUT2D eigenvalue weighted by atomic mass is 32.1. The van der Waals surface area contributed by atoms with Gasteiger partial charge >= 0.3 is 0 Å². The number of rotatable bonds is 6. The van der Waals surface area contributed by atoms with E-state index in [1.54, 1.807) is 17.6 Å². The van der Waals surface area contributed by atoms with Crippen molar-refractivity contribution in [3.05, 3.63) is 81.3 Å². The summed E-state index contributed by atoms with van der Waals surface area (Å²) in [5.74, 6) is 0.577. The molecule has 0 saturated heterocycles. The van der Waals surface area contributed by atoms with Gasteiger partial charge in [0.25, 0.3) is 5.91 Å². The summed E-state index contributed by atoms with van der Waals surface area (Å²) in [5.41, 5.74) is 7.29. The largest absolute Gasteiger partial charge is 0.487 e. The fourth-order valence-electron chi connectivity index (χ4n) is 3.21. The molecule has 0 bridgehead atoms. The molecule has 1 aromatic heterocycles. The monoisotopic (exact) mass is 364 g/mol. The fraction of sp³-hybridized carbons (Fsp3) is 0.238. The smallest absolute Gasteiger partial charge is 0.251 e. The molecule has 0 radical (unpaired) electrons. The second kappa shape index (κ2) is 7.70. The lowest BCUT2D eigenvalue weighted by Gasteiger charge is -2.09. The molecule has 4 nitrogen and oxygen atoms in total. The average molecular weight is 364 g/mol. The Morgan fingerprint density at radius 1 is 1.15 bits per heavy atom. The molecule has 3 aromatic rings. The number of aromatic nitrogens is 1. The molecule has 1 amide bonds. The van der Waals surface area contributed by atoms with Crippen LogP contribution in [0.5, 0.6) is 5.75 Å². The van der Waals surface area contributed by atoms with Crippen LogP contribution in [0.4, 0.5) is 0 Å². The summed E-state index contributed by atoms with van der Waals surface area (Å²) in [5, 5.41) is 4.95. The summed E-state index contributed by atoms with van der Waals surface area (Å²) >= 11 is 1.54. The van der Waals surface area contributed by atoms with Gasteiger partial charge in [-0.2, -0.15) is 0 Å². The van der Waals surface area contributed by atoms with Crippen molar-refractivity contribution >= 4 is 17.2 Å². The van der Waals surface area contributed by atoms with Gasteiger partial charge in [-0.3, -0.25) is 4.79 Å². The molecular weight excluding hydrogens is 344 g/mol. The van der Waals surface area contributed by atoms with Crippen molar-refractivity contribution in [3.63, 3.8) is 0 Å². The summed E-state index contributed by atoms with van der Waals surface area (Å²) < 4.78 is 5.72. The highest BCUT2D eigenvalue weighted by Gasteiger charge is 2.12. The van der Waals surface area contributed by atoms with Gasteiger partial charge < -0.3 is 10.1 Å². The third kappa shape index (κ3) is 3.94. The van der Waals surface area contributed by atoms with E-state index in [0.29, 0.717) is 24.5 Å². The van der Waals surface area contributed by atoms with Crippen LogP contribution in [0.1, 0.15) is 39.2 Å². The van der Waals surface area contributed by atoms with Gasteiger partial charge in [0.15, 0.2) is 0 Å². The van der Waals surface area contributed by atoms with Gasteiger partial charge in [0, 0.05) is 17.5 Å². The normalized spacial score (nSPS) is 12.6. The molecule has 1 aliphatic rings. The van der Waals surface area contributed by atoms with E-state index in [2.05, 4.69) is 28.5 Å². The summed E-state index contributed by atoms with van der Waals surface area (Å²) in [7, 11) is 0. The molecule has 1 N–H and O–H groups in total. The third-order valence-electron chi connectivity index (χ3n) is 4.58. The molecule has 0 fully saturated rings. The predicted octanol–water partition coefficient (Wildman–Crippen LogP) is 4.14. The van der Waals surface area contributed by atoms with Crippen molar-refractivity contribution in [2.75, 3.05) is 0 Å². The number of aryl methyl sites for hydroxylation is 2. The number of carbonyl (C=O) groups is 1. The Morgan fingerprint density at radius 3 is 2.96 bits per heavy atom. The van der Waals surface area contributed by atoms with Crippen molar-refractivity contribution in [1.82, 2.24) is 10.3 Å². The molecular formula is C21H20N2O2S. The molecule has 1 heterocycles. The Bertz CT molecular complexity index is 906. The molecule has 0 spiro atoms. The second-order valence-electron chi connectivity index (χ2n) is 6.44. The van der Waals surface area contributed by atoms with Crippen molar-refractivity contribution in [2.24, 2.45) is 0 Å². The number of benzene rings is 2. The van der Waals surface area contributed by atoms with Gasteiger partial charge in [0.2, 0.25) is 0 Å². The number of thiazole rings is 1. The Morgan fingerprint density at radius 2 is 2.08 bits per heavy atom. The van der Waals surface area contributed by atoms with Gasteiger partial charge in [-0.25, -0.2) is 4.98 Å². The lowest BCUT2D eigenvalue weighted by atomic mass is 10.1. The summed E-state index contributed by atoms with van der Waals surface area (Å²) in [6.45, 7) is 0.944. The summed E-state index contributed by atoms with van der Waals surface area (Å²) in [6.07, 6.45) is 3.56. The van der Waals surface area contributed by atoms with E-state index in [-0.39, 0.29) is 5.91 Å². The van der Waals surface area contributed by atoms with Crippen LogP contribution in [0.2, 0.25) is 0 Å². The highest BCUT2D eigenvalue weighted by molar-refractivity contribution is 7.07. The van der Waals surface area contributed by atoms with Gasteiger partial charge in [0.1, 0.15) is 12.4 Å². The Labute approximate surface area is 156 Å². The highest BCUT2D eigenvalue weighted by Crippen LogP contribution is 2.23. The van der Waals surface area contributed by atoms with E-state index in [1.807, 2.05) is 17.5 Å². The Balaban J connectivity index is 1.36. The van der Waals surface area contributed by atoms with Crippen molar-refractivity contribution in [3.8, 4) is 5.75 Å². The van der Waals surface area contributed by atoms with Gasteiger partial charge in [-0.1, -0.05) is 24.3 Å². The maximum Gasteiger partial charge on any atom is 0.251 e. The number of hydrogen-bond donors (Lipinski definition) is 1. The summed E-state index contributed by atoms with van der Waals surface area (Å²) in [6, 6.07) is 13.8. The van der Waals surface area contributed by atoms with Crippen LogP contribution in [0.15, 0.2) is 53.4 Å². The predicted molar refractivity (Wildman–Crippen MR) is 103 cm³/mol. The first-order valence-electron chi connectivity index (χ1n) is 8.77. The first kappa shape index (κ1) is 16.8. The van der Waals surface area contributed by atoms with E-state index >= 15 is 0 Å². The molecule has 26 heavy (non-hydrogen) atoms. The van der Waals surface area contributed by atoms with Crippen molar-refractivity contribution in [2.45, 2.75) is 32.4 Å². The first-order chi connectivity index (χ1) is 12.8. The molecule has 132 valence electrons. The van der Waals surface area contributed by atoms with E-state index in [0.717, 1.165) is 17.7 Å². The van der Waals surface area contributed by atoms with Crippen molar-refractivity contribution in [1.29, 1.82) is 0 Å². The minimum atomic E-state index is -0.0930. The Kier molecular flexibility index (Phi) is 4.97. The minimum Gasteiger partial charge on any atom is -0.487 e. The number of fused-ring (bicyclic) bond motifs is 1. The lowest BCUT2D eigenvalue weighted by molar-refractivity contribution is 0.0950. The maximum atomic E-state index is 12.5. The van der Waals surface area contributed by atoms with Gasteiger partial charge in [-0.05, 0) is 54.2 Å². The maximum absolute atomic E-state index is 12.5. The van der Waals surface area contributed by atoms with E-state index in [1.165, 1.54) is 35.3 Å². The standard InChI is InChI=1S/C21H20N2O2S/c24-21(22-11-15-7-8-16-3-1-4-17(16)9-15)18-5-2-6-20(10-18)25-12-19-13-26-14-23-19/h2,5-10,13-14H,1,3-4,11-12H2,(H,22,24). The van der Waals surface area contributed by atoms with E-state index < -0.39 is 0 Å². The molecule has 0 aliphatic heterocycles. The molecule has 0 saturated carbocycles. The van der Waals surface area contributed by atoms with Crippen LogP contribution in [0.3, 0.4) is 0 Å². The summed E-state index contributed by atoms with van der Waals surface area (Å²) in [4.78, 5) is 16.7. The van der Waals surface area contributed by atoms with Crippen LogP contribution >= 0.6 is 11.3 Å². The number of nitrogens with one attached hydrogen (secondary N) is 1. The first-order valence-corrected chi connectivity index (χ1v) is 9.71. The Hall–Kier alpha value is -2.66.